The summed E-state index contributed by atoms with van der Waals surface area (Å²) >= 11 is 0. The van der Waals surface area contributed by atoms with E-state index in [1.807, 2.05) is 33.8 Å². The Morgan fingerprint density at radius 3 is 1.88 bits per heavy atom. The van der Waals surface area contributed by atoms with Gasteiger partial charge in [0.1, 0.15) is 12.4 Å². The second-order valence-electron chi connectivity index (χ2n) is 10.6. The molecule has 2 aromatic rings. The number of benzene rings is 2. The van der Waals surface area contributed by atoms with Crippen LogP contribution in [0.2, 0.25) is 0 Å². The van der Waals surface area contributed by atoms with Gasteiger partial charge in [-0.15, -0.1) is 0 Å². The Bertz CT molecular complexity index is 908. The third kappa shape index (κ3) is 5.98. The molecule has 0 fully saturated rings. The lowest BCUT2D eigenvalue weighted by molar-refractivity contribution is 0.0216. The second-order valence-corrected chi connectivity index (χ2v) is 10.6. The molecule has 0 aliphatic heterocycles. The van der Waals surface area contributed by atoms with Gasteiger partial charge in [-0.2, -0.15) is 0 Å². The largest absolute Gasteiger partial charge is 0.491 e. The van der Waals surface area contributed by atoms with E-state index >= 15 is 0 Å². The van der Waals surface area contributed by atoms with Crippen LogP contribution in [0.25, 0.3) is 0 Å². The molecule has 4 nitrogen and oxygen atoms in total. The van der Waals surface area contributed by atoms with Gasteiger partial charge < -0.3 is 20.1 Å². The summed E-state index contributed by atoms with van der Waals surface area (Å²) in [5.41, 5.74) is 5.43. The van der Waals surface area contributed by atoms with Gasteiger partial charge in [-0.3, -0.25) is 0 Å². The third-order valence-electron chi connectivity index (χ3n) is 7.41. The molecule has 33 heavy (non-hydrogen) atoms. The average Bonchev–Trinajstić information content (AvgIpc) is 2.78. The van der Waals surface area contributed by atoms with Crippen molar-refractivity contribution in [1.82, 2.24) is 0 Å². The molecule has 0 amide bonds. The minimum atomic E-state index is -0.761. The molecule has 0 aliphatic rings. The first-order valence-corrected chi connectivity index (χ1v) is 12.2. The highest BCUT2D eigenvalue weighted by Gasteiger charge is 2.32. The summed E-state index contributed by atoms with van der Waals surface area (Å²) < 4.78 is 5.97. The van der Waals surface area contributed by atoms with E-state index in [2.05, 4.69) is 58.0 Å². The van der Waals surface area contributed by atoms with E-state index in [1.165, 1.54) is 11.1 Å². The zero-order valence-electron chi connectivity index (χ0n) is 21.8. The Labute approximate surface area is 200 Å². The van der Waals surface area contributed by atoms with Crippen LogP contribution in [0, 0.1) is 19.3 Å². The molecule has 3 unspecified atom stereocenters. The number of hydrogen-bond donors (Lipinski definition) is 3. The highest BCUT2D eigenvalue weighted by molar-refractivity contribution is 5.47. The normalized spacial score (nSPS) is 15.2. The van der Waals surface area contributed by atoms with Gasteiger partial charge in [0.15, 0.2) is 0 Å². The molecule has 0 aromatic heterocycles. The van der Waals surface area contributed by atoms with Crippen molar-refractivity contribution in [2.75, 3.05) is 13.2 Å². The molecular formula is C29H44O4. The van der Waals surface area contributed by atoms with Crippen molar-refractivity contribution < 1.29 is 20.1 Å². The standard InChI is InChI=1S/C29H44O4/c1-9-29(10-2,22-11-13-24(19(3)15-22)21(5)25(31)17-30)23-12-14-26(20(4)16-23)33-18-27(32)28(6,7)8/h11-16,21,25,27,30-32H,9-10,17-18H2,1-8H3. The molecular weight excluding hydrogens is 412 g/mol. The lowest BCUT2D eigenvalue weighted by Crippen LogP contribution is -2.32. The molecule has 4 heteroatoms. The summed E-state index contributed by atoms with van der Waals surface area (Å²) in [5, 5.41) is 29.8. The molecule has 2 rings (SSSR count). The highest BCUT2D eigenvalue weighted by Crippen LogP contribution is 2.41. The van der Waals surface area contributed by atoms with Crippen molar-refractivity contribution in [3.05, 3.63) is 64.2 Å². The van der Waals surface area contributed by atoms with Crippen molar-refractivity contribution in [2.24, 2.45) is 5.41 Å². The van der Waals surface area contributed by atoms with Gasteiger partial charge in [-0.25, -0.2) is 0 Å². The maximum absolute atomic E-state index is 10.3. The van der Waals surface area contributed by atoms with E-state index in [1.54, 1.807) is 0 Å². The number of rotatable bonds is 10. The van der Waals surface area contributed by atoms with Gasteiger partial charge >= 0.3 is 0 Å². The fourth-order valence-corrected chi connectivity index (χ4v) is 4.61. The zero-order valence-corrected chi connectivity index (χ0v) is 21.8. The Balaban J connectivity index is 2.39. The predicted octanol–water partition coefficient (Wildman–Crippen LogP) is 5.65. The Morgan fingerprint density at radius 2 is 1.42 bits per heavy atom. The van der Waals surface area contributed by atoms with E-state index in [0.29, 0.717) is 0 Å². The smallest absolute Gasteiger partial charge is 0.122 e. The summed E-state index contributed by atoms with van der Waals surface area (Å²) in [6.07, 6.45) is 0.623. The molecule has 184 valence electrons. The Hall–Kier alpha value is -1.88. The van der Waals surface area contributed by atoms with E-state index in [9.17, 15) is 15.3 Å². The molecule has 0 heterocycles. The molecule has 2 aromatic carbocycles. The van der Waals surface area contributed by atoms with Crippen LogP contribution in [0.1, 0.15) is 88.1 Å². The zero-order chi connectivity index (χ0) is 25.0. The Kier molecular flexibility index (Phi) is 9.15. The number of hydrogen-bond acceptors (Lipinski definition) is 4. The number of aliphatic hydroxyl groups is 3. The van der Waals surface area contributed by atoms with Crippen LogP contribution in [0.4, 0.5) is 0 Å². The number of aliphatic hydroxyl groups excluding tert-OH is 3. The number of aryl methyl sites for hydroxylation is 2. The maximum Gasteiger partial charge on any atom is 0.122 e. The monoisotopic (exact) mass is 456 g/mol. The lowest BCUT2D eigenvalue weighted by Gasteiger charge is -2.35. The van der Waals surface area contributed by atoms with Crippen LogP contribution in [0.3, 0.4) is 0 Å². The van der Waals surface area contributed by atoms with Gasteiger partial charge in [-0.05, 0) is 66.0 Å². The van der Waals surface area contributed by atoms with Crippen LogP contribution in [0.5, 0.6) is 5.75 Å². The first-order valence-electron chi connectivity index (χ1n) is 12.2. The molecule has 0 radical (unpaired) electrons. The summed E-state index contributed by atoms with van der Waals surface area (Å²) in [5.74, 6) is 0.685. The van der Waals surface area contributed by atoms with E-state index in [-0.39, 0.29) is 30.0 Å². The highest BCUT2D eigenvalue weighted by atomic mass is 16.5. The second kappa shape index (κ2) is 11.0. The fourth-order valence-electron chi connectivity index (χ4n) is 4.61. The summed E-state index contributed by atoms with van der Waals surface area (Å²) in [6, 6.07) is 12.9. The molecule has 3 atom stereocenters. The van der Waals surface area contributed by atoms with E-state index < -0.39 is 12.2 Å². The molecule has 3 N–H and O–H groups in total. The predicted molar refractivity (Wildman–Crippen MR) is 136 cm³/mol. The van der Waals surface area contributed by atoms with Crippen LogP contribution in [-0.2, 0) is 5.41 Å². The SMILES string of the molecule is CCC(CC)(c1ccc(OCC(O)C(C)(C)C)c(C)c1)c1ccc(C(C)C(O)CO)c(C)c1. The van der Waals surface area contributed by atoms with Gasteiger partial charge in [0.05, 0.1) is 18.8 Å². The van der Waals surface area contributed by atoms with Crippen molar-refractivity contribution >= 4 is 0 Å². The third-order valence-corrected chi connectivity index (χ3v) is 7.41. The van der Waals surface area contributed by atoms with Crippen LogP contribution in [0.15, 0.2) is 36.4 Å². The minimum Gasteiger partial charge on any atom is -0.491 e. The summed E-state index contributed by atoms with van der Waals surface area (Å²) in [4.78, 5) is 0. The van der Waals surface area contributed by atoms with Crippen LogP contribution >= 0.6 is 0 Å². The van der Waals surface area contributed by atoms with Crippen LogP contribution in [-0.4, -0.2) is 40.7 Å². The molecule has 0 bridgehead atoms. The Morgan fingerprint density at radius 1 is 0.879 bits per heavy atom. The maximum atomic E-state index is 10.3. The van der Waals surface area contributed by atoms with Crippen molar-refractivity contribution in [1.29, 1.82) is 0 Å². The van der Waals surface area contributed by atoms with Crippen LogP contribution < -0.4 is 4.74 Å². The number of ether oxygens (including phenoxy) is 1. The van der Waals surface area contributed by atoms with E-state index in [0.717, 1.165) is 35.3 Å². The summed E-state index contributed by atoms with van der Waals surface area (Å²) in [6.45, 7) is 16.6. The molecule has 0 saturated heterocycles. The van der Waals surface area contributed by atoms with Crippen molar-refractivity contribution in [3.63, 3.8) is 0 Å². The summed E-state index contributed by atoms with van der Waals surface area (Å²) in [7, 11) is 0. The minimum absolute atomic E-state index is 0.121. The van der Waals surface area contributed by atoms with Gasteiger partial charge in [-0.1, -0.05) is 71.9 Å². The molecule has 0 saturated carbocycles. The topological polar surface area (TPSA) is 69.9 Å². The average molecular weight is 457 g/mol. The fraction of sp³-hybridized carbons (Fsp3) is 0.586. The lowest BCUT2D eigenvalue weighted by atomic mass is 9.69. The van der Waals surface area contributed by atoms with Crippen molar-refractivity contribution in [3.8, 4) is 5.75 Å². The first kappa shape index (κ1) is 27.4. The quantitative estimate of drug-likeness (QED) is 0.432. The first-order chi connectivity index (χ1) is 15.4. The van der Waals surface area contributed by atoms with Gasteiger partial charge in [0.25, 0.3) is 0 Å². The molecule has 0 aliphatic carbocycles. The van der Waals surface area contributed by atoms with Gasteiger partial charge in [0, 0.05) is 11.3 Å². The van der Waals surface area contributed by atoms with Crippen molar-refractivity contribution in [2.45, 2.75) is 91.8 Å². The van der Waals surface area contributed by atoms with Gasteiger partial charge in [0.2, 0.25) is 0 Å². The van der Waals surface area contributed by atoms with E-state index in [4.69, 9.17) is 4.74 Å². The molecule has 0 spiro atoms.